The van der Waals surface area contributed by atoms with E-state index in [9.17, 15) is 4.79 Å². The van der Waals surface area contributed by atoms with Crippen LogP contribution in [0.2, 0.25) is 0 Å². The number of carbonyl (C=O) groups is 1. The summed E-state index contributed by atoms with van der Waals surface area (Å²) in [5.74, 6) is 0.471. The Morgan fingerprint density at radius 1 is 1.33 bits per heavy atom. The van der Waals surface area contributed by atoms with E-state index in [1.807, 2.05) is 0 Å². The van der Waals surface area contributed by atoms with Crippen molar-refractivity contribution in [1.82, 2.24) is 5.32 Å². The van der Waals surface area contributed by atoms with Crippen molar-refractivity contribution in [3.8, 4) is 0 Å². The number of carbonyl (C=O) groups excluding carboxylic acids is 1. The summed E-state index contributed by atoms with van der Waals surface area (Å²) in [6, 6.07) is 0. The van der Waals surface area contributed by atoms with Gasteiger partial charge in [0.25, 0.3) is 0 Å². The topological polar surface area (TPSA) is 64.3 Å². The van der Waals surface area contributed by atoms with Gasteiger partial charge in [-0.25, -0.2) is 0 Å². The number of hydrogen-bond donors (Lipinski definition) is 2. The highest BCUT2D eigenvalue weighted by atomic mass is 16.5. The molecule has 0 unspecified atom stereocenters. The van der Waals surface area contributed by atoms with Gasteiger partial charge in [-0.15, -0.1) is 0 Å². The van der Waals surface area contributed by atoms with Crippen molar-refractivity contribution >= 4 is 5.91 Å². The van der Waals surface area contributed by atoms with Crippen LogP contribution in [0.25, 0.3) is 0 Å². The van der Waals surface area contributed by atoms with Gasteiger partial charge in [-0.2, -0.15) is 0 Å². The summed E-state index contributed by atoms with van der Waals surface area (Å²) in [6.45, 7) is 7.62. The van der Waals surface area contributed by atoms with Crippen molar-refractivity contribution in [2.75, 3.05) is 26.3 Å². The average Bonchev–Trinajstić information content (AvgIpc) is 2.14. The normalized spacial score (nSPS) is 10.9. The van der Waals surface area contributed by atoms with E-state index in [-0.39, 0.29) is 5.91 Å². The van der Waals surface area contributed by atoms with E-state index >= 15 is 0 Å². The molecule has 0 saturated heterocycles. The van der Waals surface area contributed by atoms with Gasteiger partial charge in [0.15, 0.2) is 0 Å². The molecule has 1 amide bonds. The fourth-order valence-electron chi connectivity index (χ4n) is 1.08. The third-order valence-electron chi connectivity index (χ3n) is 2.04. The zero-order valence-corrected chi connectivity index (χ0v) is 9.92. The van der Waals surface area contributed by atoms with E-state index < -0.39 is 0 Å². The van der Waals surface area contributed by atoms with Crippen molar-refractivity contribution in [1.29, 1.82) is 0 Å². The van der Waals surface area contributed by atoms with Gasteiger partial charge in [0.05, 0.1) is 6.61 Å². The molecule has 0 aromatic carbocycles. The molecule has 0 fully saturated rings. The lowest BCUT2D eigenvalue weighted by molar-refractivity contribution is -0.118. The number of amides is 1. The first kappa shape index (κ1) is 14.4. The lowest BCUT2D eigenvalue weighted by atomic mass is 10.1. The average molecular weight is 216 g/mol. The molecule has 0 bridgehead atoms. The van der Waals surface area contributed by atoms with Crippen molar-refractivity contribution in [3.05, 3.63) is 0 Å². The van der Waals surface area contributed by atoms with Crippen LogP contribution in [0.15, 0.2) is 0 Å². The van der Waals surface area contributed by atoms with Gasteiger partial charge in [0.2, 0.25) is 5.91 Å². The highest BCUT2D eigenvalue weighted by Crippen LogP contribution is 1.98. The molecule has 0 rings (SSSR count). The van der Waals surface area contributed by atoms with Crippen LogP contribution in [0.4, 0.5) is 0 Å². The van der Waals surface area contributed by atoms with Crippen molar-refractivity contribution in [3.63, 3.8) is 0 Å². The molecule has 0 aromatic rings. The zero-order valence-electron chi connectivity index (χ0n) is 9.92. The molecule has 0 aliphatic rings. The highest BCUT2D eigenvalue weighted by Gasteiger charge is 1.95. The minimum atomic E-state index is -0.231. The Hall–Kier alpha value is -0.610. The van der Waals surface area contributed by atoms with E-state index in [4.69, 9.17) is 10.5 Å². The Morgan fingerprint density at radius 3 is 2.67 bits per heavy atom. The summed E-state index contributed by atoms with van der Waals surface area (Å²) in [5.41, 5.74) is 5.01. The standard InChI is InChI=1S/C11H24N2O2/c1-10(2)5-8-15-9-7-13-6-3-4-11(12)14/h10,13H,3-9H2,1-2H3,(H2,12,14). The number of rotatable bonds is 10. The number of primary amides is 1. The Balaban J connectivity index is 2.96. The minimum absolute atomic E-state index is 0.231. The maximum absolute atomic E-state index is 10.4. The second kappa shape index (κ2) is 9.93. The second-order valence-corrected chi connectivity index (χ2v) is 4.11. The van der Waals surface area contributed by atoms with Crippen molar-refractivity contribution < 1.29 is 9.53 Å². The van der Waals surface area contributed by atoms with E-state index in [1.165, 1.54) is 0 Å². The Kier molecular flexibility index (Phi) is 9.52. The molecular weight excluding hydrogens is 192 g/mol. The smallest absolute Gasteiger partial charge is 0.217 e. The summed E-state index contributed by atoms with van der Waals surface area (Å²) < 4.78 is 5.42. The predicted octanol–water partition coefficient (Wildman–Crippen LogP) is 0.904. The van der Waals surface area contributed by atoms with Crippen LogP contribution < -0.4 is 11.1 Å². The molecule has 0 aromatic heterocycles. The largest absolute Gasteiger partial charge is 0.380 e. The molecule has 0 spiro atoms. The van der Waals surface area contributed by atoms with Crippen molar-refractivity contribution in [2.45, 2.75) is 33.1 Å². The third kappa shape index (κ3) is 13.4. The second-order valence-electron chi connectivity index (χ2n) is 4.11. The summed E-state index contributed by atoms with van der Waals surface area (Å²) in [6.07, 6.45) is 2.38. The maximum Gasteiger partial charge on any atom is 0.217 e. The Bertz CT molecular complexity index is 161. The number of nitrogens with one attached hydrogen (secondary N) is 1. The fraction of sp³-hybridized carbons (Fsp3) is 0.909. The quantitative estimate of drug-likeness (QED) is 0.533. The lowest BCUT2D eigenvalue weighted by Gasteiger charge is -2.07. The van der Waals surface area contributed by atoms with Gasteiger partial charge in [0, 0.05) is 19.6 Å². The van der Waals surface area contributed by atoms with Crippen LogP contribution in [0.5, 0.6) is 0 Å². The first-order valence-corrected chi connectivity index (χ1v) is 5.69. The molecule has 0 heterocycles. The molecule has 0 aliphatic carbocycles. The molecule has 4 heteroatoms. The van der Waals surface area contributed by atoms with Crippen LogP contribution in [0.1, 0.15) is 33.1 Å². The van der Waals surface area contributed by atoms with E-state index in [1.54, 1.807) is 0 Å². The molecule has 0 saturated carbocycles. The number of ether oxygens (including phenoxy) is 1. The van der Waals surface area contributed by atoms with E-state index in [0.29, 0.717) is 12.3 Å². The summed E-state index contributed by atoms with van der Waals surface area (Å²) in [5, 5.41) is 3.20. The van der Waals surface area contributed by atoms with Crippen LogP contribution in [0.3, 0.4) is 0 Å². The Labute approximate surface area is 92.6 Å². The maximum atomic E-state index is 10.4. The molecular formula is C11H24N2O2. The minimum Gasteiger partial charge on any atom is -0.380 e. The first-order valence-electron chi connectivity index (χ1n) is 5.69. The lowest BCUT2D eigenvalue weighted by Crippen LogP contribution is -2.22. The van der Waals surface area contributed by atoms with Crippen molar-refractivity contribution in [2.24, 2.45) is 11.7 Å². The van der Waals surface area contributed by atoms with Gasteiger partial charge < -0.3 is 15.8 Å². The molecule has 3 N–H and O–H groups in total. The van der Waals surface area contributed by atoms with Gasteiger partial charge in [0.1, 0.15) is 0 Å². The molecule has 15 heavy (non-hydrogen) atoms. The first-order chi connectivity index (χ1) is 7.13. The van der Waals surface area contributed by atoms with E-state index in [0.717, 1.165) is 39.1 Å². The van der Waals surface area contributed by atoms with Gasteiger partial charge in [-0.05, 0) is 25.3 Å². The summed E-state index contributed by atoms with van der Waals surface area (Å²) >= 11 is 0. The van der Waals surface area contributed by atoms with Crippen LogP contribution in [-0.4, -0.2) is 32.2 Å². The fourth-order valence-corrected chi connectivity index (χ4v) is 1.08. The van der Waals surface area contributed by atoms with Gasteiger partial charge >= 0.3 is 0 Å². The zero-order chi connectivity index (χ0) is 11.5. The van der Waals surface area contributed by atoms with E-state index in [2.05, 4.69) is 19.2 Å². The van der Waals surface area contributed by atoms with Gasteiger partial charge in [-0.1, -0.05) is 13.8 Å². The monoisotopic (exact) mass is 216 g/mol. The molecule has 0 radical (unpaired) electrons. The van der Waals surface area contributed by atoms with Gasteiger partial charge in [-0.3, -0.25) is 4.79 Å². The molecule has 0 aliphatic heterocycles. The molecule has 0 atom stereocenters. The summed E-state index contributed by atoms with van der Waals surface area (Å²) in [7, 11) is 0. The highest BCUT2D eigenvalue weighted by molar-refractivity contribution is 5.73. The third-order valence-corrected chi connectivity index (χ3v) is 2.04. The number of hydrogen-bond acceptors (Lipinski definition) is 3. The SMILES string of the molecule is CC(C)CCOCCNCCCC(N)=O. The molecule has 4 nitrogen and oxygen atoms in total. The van der Waals surface area contributed by atoms with Crippen LogP contribution in [0, 0.1) is 5.92 Å². The predicted molar refractivity (Wildman–Crippen MR) is 61.6 cm³/mol. The van der Waals surface area contributed by atoms with Crippen LogP contribution >= 0.6 is 0 Å². The number of nitrogens with two attached hydrogens (primary N) is 1. The summed E-state index contributed by atoms with van der Waals surface area (Å²) in [4.78, 5) is 10.4. The van der Waals surface area contributed by atoms with Crippen LogP contribution in [-0.2, 0) is 9.53 Å². The Morgan fingerprint density at radius 2 is 2.07 bits per heavy atom. The molecule has 90 valence electrons.